The number of nitrogens with two attached hydrogens (primary N) is 2. The van der Waals surface area contributed by atoms with Crippen LogP contribution < -0.4 is 16.8 Å². The molecule has 2 rings (SSSR count). The summed E-state index contributed by atoms with van der Waals surface area (Å²) in [5.74, 6) is 1.35. The van der Waals surface area contributed by atoms with Gasteiger partial charge < -0.3 is 16.0 Å². The van der Waals surface area contributed by atoms with E-state index < -0.39 is 6.29 Å². The van der Waals surface area contributed by atoms with Crippen LogP contribution in [0.5, 0.6) is 0 Å². The quantitative estimate of drug-likeness (QED) is 0.425. The van der Waals surface area contributed by atoms with Crippen LogP contribution in [0.2, 0.25) is 0 Å². The van der Waals surface area contributed by atoms with E-state index in [1.807, 2.05) is 13.1 Å². The summed E-state index contributed by atoms with van der Waals surface area (Å²) in [7, 11) is 0. The van der Waals surface area contributed by atoms with Gasteiger partial charge in [-0.3, -0.25) is 5.73 Å². The van der Waals surface area contributed by atoms with E-state index in [-0.39, 0.29) is 0 Å². The van der Waals surface area contributed by atoms with Crippen molar-refractivity contribution in [3.63, 3.8) is 0 Å². The molecule has 1 aliphatic rings. The molecule has 0 bridgehead atoms. The monoisotopic (exact) mass is 165 g/mol. The maximum Gasteiger partial charge on any atom is 0.174 e. The van der Waals surface area contributed by atoms with E-state index in [4.69, 9.17) is 11.5 Å². The Morgan fingerprint density at radius 3 is 3.08 bits per heavy atom. The molecular formula is C7H11N5. The van der Waals surface area contributed by atoms with E-state index in [1.54, 1.807) is 0 Å². The highest BCUT2D eigenvalue weighted by Crippen LogP contribution is 2.21. The van der Waals surface area contributed by atoms with Gasteiger partial charge in [-0.05, 0) is 12.5 Å². The van der Waals surface area contributed by atoms with Gasteiger partial charge in [0, 0.05) is 6.20 Å². The van der Waals surface area contributed by atoms with Gasteiger partial charge in [0.25, 0.3) is 0 Å². The number of rotatable bonds is 0. The lowest BCUT2D eigenvalue weighted by atomic mass is 10.2. The van der Waals surface area contributed by atoms with Crippen LogP contribution in [0.25, 0.3) is 0 Å². The third-order valence-corrected chi connectivity index (χ3v) is 1.90. The molecule has 1 atom stereocenters. The molecule has 64 valence electrons. The second kappa shape index (κ2) is 2.25. The van der Waals surface area contributed by atoms with Crippen LogP contribution in [-0.4, -0.2) is 17.1 Å². The molecule has 1 aromatic rings. The maximum atomic E-state index is 5.69. The van der Waals surface area contributed by atoms with Gasteiger partial charge in [-0.2, -0.15) is 0 Å². The molecule has 0 saturated heterocycles. The molecule has 0 radical (unpaired) electrons. The third-order valence-electron chi connectivity index (χ3n) is 1.90. The van der Waals surface area contributed by atoms with Gasteiger partial charge in [-0.1, -0.05) is 0 Å². The van der Waals surface area contributed by atoms with Crippen LogP contribution in [0.4, 0.5) is 5.82 Å². The van der Waals surface area contributed by atoms with Gasteiger partial charge in [0.05, 0.1) is 5.56 Å². The normalized spacial score (nSPS) is 21.2. The largest absolute Gasteiger partial charge is 0.383 e. The number of hydrogen-bond acceptors (Lipinski definition) is 4. The molecule has 0 saturated carbocycles. The summed E-state index contributed by atoms with van der Waals surface area (Å²) in [5.41, 5.74) is 13.2. The molecule has 12 heavy (non-hydrogen) atoms. The highest BCUT2D eigenvalue weighted by molar-refractivity contribution is 6.04. The molecule has 1 aromatic heterocycles. The van der Waals surface area contributed by atoms with E-state index in [2.05, 4.69) is 15.3 Å². The molecule has 0 spiro atoms. The zero-order valence-corrected chi connectivity index (χ0v) is 6.76. The zero-order valence-electron chi connectivity index (χ0n) is 6.76. The first-order valence-electron chi connectivity index (χ1n) is 3.72. The number of aliphatic imine (C=N–C) groups is 1. The summed E-state index contributed by atoms with van der Waals surface area (Å²) in [6.45, 7) is 1.97. The van der Waals surface area contributed by atoms with E-state index in [1.165, 1.54) is 0 Å². The summed E-state index contributed by atoms with van der Waals surface area (Å²) in [4.78, 5) is 7.03. The minimum Gasteiger partial charge on any atom is -0.383 e. The number of aromatic amines is 1. The number of H-pyrrole nitrogens is 1. The van der Waals surface area contributed by atoms with Crippen LogP contribution in [0.3, 0.4) is 0 Å². The molecule has 0 aliphatic carbocycles. The molecule has 0 amide bonds. The van der Waals surface area contributed by atoms with Crippen molar-refractivity contribution in [2.24, 2.45) is 16.5 Å². The number of anilines is 1. The van der Waals surface area contributed by atoms with Crippen LogP contribution in [0.15, 0.2) is 11.2 Å². The van der Waals surface area contributed by atoms with Gasteiger partial charge in [-0.25, -0.2) is 4.99 Å². The van der Waals surface area contributed by atoms with Gasteiger partial charge in [0.2, 0.25) is 0 Å². The lowest BCUT2D eigenvalue weighted by Crippen LogP contribution is -2.35. The standard InChI is InChI=1S/C7H11N5/c1-3-2-10-6-4(3)5(8)11-7(9)12-6/h2,7,10,12H,9H2,1H3,(H2,8,11). The number of aromatic nitrogens is 1. The Bertz CT molecular complexity index is 338. The maximum absolute atomic E-state index is 5.69. The Kier molecular flexibility index (Phi) is 1.34. The van der Waals surface area contributed by atoms with Gasteiger partial charge >= 0.3 is 0 Å². The Labute approximate surface area is 69.9 Å². The predicted octanol–water partition coefficient (Wildman–Crippen LogP) is -0.304. The molecule has 5 nitrogen and oxygen atoms in total. The fourth-order valence-corrected chi connectivity index (χ4v) is 1.36. The average Bonchev–Trinajstić information content (AvgIpc) is 2.31. The van der Waals surface area contributed by atoms with Crippen molar-refractivity contribution in [3.8, 4) is 0 Å². The highest BCUT2D eigenvalue weighted by atomic mass is 15.2. The van der Waals surface area contributed by atoms with Crippen LogP contribution >= 0.6 is 0 Å². The minimum atomic E-state index is -0.435. The second-order valence-corrected chi connectivity index (χ2v) is 2.83. The second-order valence-electron chi connectivity index (χ2n) is 2.83. The Hall–Kier alpha value is -1.49. The number of amidine groups is 1. The topological polar surface area (TPSA) is 92.2 Å². The molecule has 5 heteroatoms. The lowest BCUT2D eigenvalue weighted by molar-refractivity contribution is 0.793. The van der Waals surface area contributed by atoms with Gasteiger partial charge in [0.15, 0.2) is 6.29 Å². The fourth-order valence-electron chi connectivity index (χ4n) is 1.36. The van der Waals surface area contributed by atoms with E-state index in [0.717, 1.165) is 16.9 Å². The highest BCUT2D eigenvalue weighted by Gasteiger charge is 2.18. The Balaban J connectivity index is 2.55. The summed E-state index contributed by atoms with van der Waals surface area (Å²) in [5, 5.41) is 2.97. The van der Waals surface area contributed by atoms with Crippen molar-refractivity contribution in [1.82, 2.24) is 4.98 Å². The van der Waals surface area contributed by atoms with Crippen molar-refractivity contribution in [1.29, 1.82) is 0 Å². The summed E-state index contributed by atoms with van der Waals surface area (Å²) in [6, 6.07) is 0. The molecule has 1 unspecified atom stereocenters. The summed E-state index contributed by atoms with van der Waals surface area (Å²) >= 11 is 0. The van der Waals surface area contributed by atoms with Gasteiger partial charge in [-0.15, -0.1) is 0 Å². The number of fused-ring (bicyclic) bond motifs is 1. The minimum absolute atomic E-state index is 0.435. The average molecular weight is 165 g/mol. The van der Waals surface area contributed by atoms with Crippen LogP contribution in [0.1, 0.15) is 11.1 Å². The van der Waals surface area contributed by atoms with E-state index in [0.29, 0.717) is 5.84 Å². The SMILES string of the molecule is Cc1c[nH]c2c1C(N)=NC(N)N2. The molecule has 0 aromatic carbocycles. The van der Waals surface area contributed by atoms with Crippen LogP contribution in [-0.2, 0) is 0 Å². The molecule has 1 aliphatic heterocycles. The van der Waals surface area contributed by atoms with E-state index >= 15 is 0 Å². The predicted molar refractivity (Wildman–Crippen MR) is 47.9 cm³/mol. The number of aryl methyl sites for hydroxylation is 1. The van der Waals surface area contributed by atoms with Crippen LogP contribution in [0, 0.1) is 6.92 Å². The van der Waals surface area contributed by atoms with Crippen molar-refractivity contribution < 1.29 is 0 Å². The first kappa shape index (κ1) is 7.17. The summed E-state index contributed by atoms with van der Waals surface area (Å²) in [6.07, 6.45) is 1.44. The van der Waals surface area contributed by atoms with Crippen molar-refractivity contribution in [3.05, 3.63) is 17.3 Å². The zero-order chi connectivity index (χ0) is 8.72. The molecular weight excluding hydrogens is 154 g/mol. The smallest absolute Gasteiger partial charge is 0.174 e. The third kappa shape index (κ3) is 0.868. The molecule has 0 fully saturated rings. The lowest BCUT2D eigenvalue weighted by Gasteiger charge is -2.17. The number of nitrogens with zero attached hydrogens (tertiary/aromatic N) is 1. The Morgan fingerprint density at radius 2 is 2.33 bits per heavy atom. The Morgan fingerprint density at radius 1 is 1.58 bits per heavy atom. The van der Waals surface area contributed by atoms with Gasteiger partial charge in [0.1, 0.15) is 11.7 Å². The molecule has 6 N–H and O–H groups in total. The first-order chi connectivity index (χ1) is 5.68. The fraction of sp³-hybridized carbons (Fsp3) is 0.286. The van der Waals surface area contributed by atoms with Crippen molar-refractivity contribution in [2.75, 3.05) is 5.32 Å². The molecule has 2 heterocycles. The summed E-state index contributed by atoms with van der Waals surface area (Å²) < 4.78 is 0. The first-order valence-corrected chi connectivity index (χ1v) is 3.72. The van der Waals surface area contributed by atoms with Crippen molar-refractivity contribution >= 4 is 11.7 Å². The number of nitrogens with one attached hydrogen (secondary N) is 2. The van der Waals surface area contributed by atoms with Crippen molar-refractivity contribution in [2.45, 2.75) is 13.2 Å². The van der Waals surface area contributed by atoms with E-state index in [9.17, 15) is 0 Å². The number of hydrogen-bond donors (Lipinski definition) is 4.